The van der Waals surface area contributed by atoms with Gasteiger partial charge in [-0.15, -0.1) is 0 Å². The van der Waals surface area contributed by atoms with E-state index in [1.165, 1.54) is 6.33 Å². The van der Waals surface area contributed by atoms with Crippen molar-refractivity contribution in [2.24, 2.45) is 0 Å². The van der Waals surface area contributed by atoms with Gasteiger partial charge >= 0.3 is 0 Å². The second kappa shape index (κ2) is 3.98. The summed E-state index contributed by atoms with van der Waals surface area (Å²) in [6.07, 6.45) is 1.53. The third kappa shape index (κ3) is 1.99. The molecule has 1 heterocycles. The standard InChI is InChI=1S/C11H10BrN3/c1-7-10(13)11(15-6-14-7)8-2-4-9(12)5-3-8/h2-6H,13H2,1H3. The van der Waals surface area contributed by atoms with Gasteiger partial charge in [-0.2, -0.15) is 0 Å². The van der Waals surface area contributed by atoms with Gasteiger partial charge in [0.05, 0.1) is 17.1 Å². The van der Waals surface area contributed by atoms with Crippen molar-refractivity contribution >= 4 is 21.6 Å². The first-order valence-electron chi connectivity index (χ1n) is 4.51. The van der Waals surface area contributed by atoms with Gasteiger partial charge in [0.1, 0.15) is 6.33 Å². The quantitative estimate of drug-likeness (QED) is 0.861. The van der Waals surface area contributed by atoms with Crippen LogP contribution in [0.25, 0.3) is 11.3 Å². The fraction of sp³-hybridized carbons (Fsp3) is 0.0909. The van der Waals surface area contributed by atoms with Gasteiger partial charge in [-0.3, -0.25) is 0 Å². The lowest BCUT2D eigenvalue weighted by molar-refractivity contribution is 1.11. The van der Waals surface area contributed by atoms with E-state index < -0.39 is 0 Å². The molecule has 0 bridgehead atoms. The molecule has 0 unspecified atom stereocenters. The molecule has 4 heteroatoms. The smallest absolute Gasteiger partial charge is 0.116 e. The molecule has 0 aliphatic carbocycles. The fourth-order valence-electron chi connectivity index (χ4n) is 1.32. The van der Waals surface area contributed by atoms with Gasteiger partial charge < -0.3 is 5.73 Å². The van der Waals surface area contributed by atoms with E-state index in [1.807, 2.05) is 31.2 Å². The number of anilines is 1. The molecule has 0 atom stereocenters. The number of nitrogens with two attached hydrogens (primary N) is 1. The first kappa shape index (κ1) is 10.1. The highest BCUT2D eigenvalue weighted by Crippen LogP contribution is 2.25. The second-order valence-electron chi connectivity index (χ2n) is 3.23. The first-order chi connectivity index (χ1) is 7.18. The van der Waals surface area contributed by atoms with E-state index in [0.29, 0.717) is 5.69 Å². The van der Waals surface area contributed by atoms with Crippen LogP contribution in [0.5, 0.6) is 0 Å². The monoisotopic (exact) mass is 263 g/mol. The van der Waals surface area contributed by atoms with Crippen molar-refractivity contribution in [3.8, 4) is 11.3 Å². The Kier molecular flexibility index (Phi) is 2.68. The van der Waals surface area contributed by atoms with E-state index in [2.05, 4.69) is 25.9 Å². The van der Waals surface area contributed by atoms with Crippen molar-refractivity contribution in [1.82, 2.24) is 9.97 Å². The molecule has 1 aromatic heterocycles. The van der Waals surface area contributed by atoms with Crippen molar-refractivity contribution in [1.29, 1.82) is 0 Å². The molecule has 0 radical (unpaired) electrons. The van der Waals surface area contributed by atoms with Crippen molar-refractivity contribution in [3.63, 3.8) is 0 Å². The highest BCUT2D eigenvalue weighted by atomic mass is 79.9. The number of hydrogen-bond donors (Lipinski definition) is 1. The lowest BCUT2D eigenvalue weighted by Crippen LogP contribution is -1.98. The van der Waals surface area contributed by atoms with Crippen molar-refractivity contribution in [2.45, 2.75) is 6.92 Å². The molecule has 2 N–H and O–H groups in total. The molecule has 76 valence electrons. The van der Waals surface area contributed by atoms with Crippen LogP contribution < -0.4 is 5.73 Å². The fourth-order valence-corrected chi connectivity index (χ4v) is 1.59. The molecule has 3 nitrogen and oxygen atoms in total. The Morgan fingerprint density at radius 2 is 1.80 bits per heavy atom. The number of nitrogen functional groups attached to an aromatic ring is 1. The van der Waals surface area contributed by atoms with Gasteiger partial charge in [0.25, 0.3) is 0 Å². The van der Waals surface area contributed by atoms with Gasteiger partial charge in [0, 0.05) is 10.0 Å². The van der Waals surface area contributed by atoms with E-state index in [4.69, 9.17) is 5.73 Å². The summed E-state index contributed by atoms with van der Waals surface area (Å²) >= 11 is 3.39. The van der Waals surface area contributed by atoms with E-state index in [0.717, 1.165) is 21.4 Å². The van der Waals surface area contributed by atoms with Gasteiger partial charge in [0.2, 0.25) is 0 Å². The zero-order valence-electron chi connectivity index (χ0n) is 8.24. The van der Waals surface area contributed by atoms with Crippen molar-refractivity contribution in [3.05, 3.63) is 40.8 Å². The summed E-state index contributed by atoms with van der Waals surface area (Å²) in [5.74, 6) is 0. The minimum absolute atomic E-state index is 0.639. The van der Waals surface area contributed by atoms with E-state index in [1.54, 1.807) is 0 Å². The Balaban J connectivity index is 2.54. The van der Waals surface area contributed by atoms with Crippen molar-refractivity contribution in [2.75, 3.05) is 5.73 Å². The summed E-state index contributed by atoms with van der Waals surface area (Å²) in [5, 5.41) is 0. The van der Waals surface area contributed by atoms with Crippen LogP contribution in [0.4, 0.5) is 5.69 Å². The highest BCUT2D eigenvalue weighted by molar-refractivity contribution is 9.10. The molecule has 0 aliphatic rings. The average Bonchev–Trinajstić information content (AvgIpc) is 2.24. The summed E-state index contributed by atoms with van der Waals surface area (Å²) in [6.45, 7) is 1.87. The van der Waals surface area contributed by atoms with Crippen LogP contribution in [0, 0.1) is 6.92 Å². The molecule has 0 fully saturated rings. The Bertz CT molecular complexity index is 480. The van der Waals surface area contributed by atoms with E-state index in [-0.39, 0.29) is 0 Å². The van der Waals surface area contributed by atoms with Crippen molar-refractivity contribution < 1.29 is 0 Å². The molecule has 1 aromatic carbocycles. The average molecular weight is 264 g/mol. The third-order valence-electron chi connectivity index (χ3n) is 2.20. The van der Waals surface area contributed by atoms with Gasteiger partial charge in [-0.25, -0.2) is 9.97 Å². The first-order valence-corrected chi connectivity index (χ1v) is 5.31. The molecule has 15 heavy (non-hydrogen) atoms. The lowest BCUT2D eigenvalue weighted by atomic mass is 10.1. The molecular weight excluding hydrogens is 254 g/mol. The molecule has 0 saturated heterocycles. The Labute approximate surface area is 96.5 Å². The van der Waals surface area contributed by atoms with E-state index in [9.17, 15) is 0 Å². The Morgan fingerprint density at radius 1 is 1.13 bits per heavy atom. The van der Waals surface area contributed by atoms with Crippen LogP contribution in [0.2, 0.25) is 0 Å². The molecule has 0 amide bonds. The maximum atomic E-state index is 5.92. The summed E-state index contributed by atoms with van der Waals surface area (Å²) in [7, 11) is 0. The third-order valence-corrected chi connectivity index (χ3v) is 2.73. The number of rotatable bonds is 1. The minimum atomic E-state index is 0.639. The summed E-state index contributed by atoms with van der Waals surface area (Å²) in [5.41, 5.74) is 9.15. The molecule has 0 saturated carbocycles. The van der Waals surface area contributed by atoms with E-state index >= 15 is 0 Å². The molecule has 2 aromatic rings. The van der Waals surface area contributed by atoms with Gasteiger partial charge in [-0.05, 0) is 19.1 Å². The van der Waals surface area contributed by atoms with Crippen LogP contribution >= 0.6 is 15.9 Å². The predicted octanol–water partition coefficient (Wildman–Crippen LogP) is 2.80. The van der Waals surface area contributed by atoms with Crippen LogP contribution in [0.1, 0.15) is 5.69 Å². The maximum absolute atomic E-state index is 5.92. The normalized spacial score (nSPS) is 10.3. The number of aryl methyl sites for hydroxylation is 1. The molecule has 0 aliphatic heterocycles. The summed E-state index contributed by atoms with van der Waals surface area (Å²) in [4.78, 5) is 8.22. The number of halogens is 1. The Morgan fingerprint density at radius 3 is 2.47 bits per heavy atom. The summed E-state index contributed by atoms with van der Waals surface area (Å²) < 4.78 is 1.04. The summed E-state index contributed by atoms with van der Waals surface area (Å²) in [6, 6.07) is 7.88. The topological polar surface area (TPSA) is 51.8 Å². The largest absolute Gasteiger partial charge is 0.395 e. The Hall–Kier alpha value is -1.42. The second-order valence-corrected chi connectivity index (χ2v) is 4.14. The van der Waals surface area contributed by atoms with Crippen LogP contribution in [-0.4, -0.2) is 9.97 Å². The van der Waals surface area contributed by atoms with Crippen LogP contribution in [0.3, 0.4) is 0 Å². The SMILES string of the molecule is Cc1ncnc(-c2ccc(Br)cc2)c1N. The van der Waals surface area contributed by atoms with Gasteiger partial charge in [-0.1, -0.05) is 28.1 Å². The number of nitrogens with zero attached hydrogens (tertiary/aromatic N) is 2. The number of hydrogen-bond acceptors (Lipinski definition) is 3. The predicted molar refractivity (Wildman–Crippen MR) is 64.3 cm³/mol. The highest BCUT2D eigenvalue weighted by Gasteiger charge is 2.06. The maximum Gasteiger partial charge on any atom is 0.116 e. The van der Waals surface area contributed by atoms with Crippen LogP contribution in [0.15, 0.2) is 35.1 Å². The molecular formula is C11H10BrN3. The van der Waals surface area contributed by atoms with Crippen LogP contribution in [-0.2, 0) is 0 Å². The minimum Gasteiger partial charge on any atom is -0.395 e. The zero-order chi connectivity index (χ0) is 10.8. The number of aromatic nitrogens is 2. The molecule has 0 spiro atoms. The lowest BCUT2D eigenvalue weighted by Gasteiger charge is -2.06. The zero-order valence-corrected chi connectivity index (χ0v) is 9.82. The molecule has 2 rings (SSSR count). The number of benzene rings is 1. The van der Waals surface area contributed by atoms with Gasteiger partial charge in [0.15, 0.2) is 0 Å².